The molecular weight excluding hydrogens is 488 g/mol. The predicted octanol–water partition coefficient (Wildman–Crippen LogP) is 2.84. The molecule has 0 atom stereocenters. The number of ketones is 1. The van der Waals surface area contributed by atoms with Crippen LogP contribution in [0.25, 0.3) is 0 Å². The first-order valence-electron chi connectivity index (χ1n) is 12.8. The van der Waals surface area contributed by atoms with Crippen molar-refractivity contribution in [3.05, 3.63) is 11.5 Å². The van der Waals surface area contributed by atoms with Crippen LogP contribution >= 0.6 is 11.8 Å². The molecule has 1 aliphatic rings. The SMILES string of the molecule is C/C=C\SC1CCC(NC(=O)OCCOCCOCCOCCOCCNC(=O)CCC(C)=O)CC1. The largest absolute Gasteiger partial charge is 0.447 e. The Kier molecular flexibility index (Phi) is 20.3. The van der Waals surface area contributed by atoms with E-state index in [0.717, 1.165) is 25.7 Å². The summed E-state index contributed by atoms with van der Waals surface area (Å²) in [6.07, 6.45) is 6.34. The predicted molar refractivity (Wildman–Crippen MR) is 139 cm³/mol. The van der Waals surface area contributed by atoms with Gasteiger partial charge in [-0.3, -0.25) is 4.79 Å². The van der Waals surface area contributed by atoms with Gasteiger partial charge in [-0.15, -0.1) is 11.8 Å². The molecule has 0 aromatic rings. The van der Waals surface area contributed by atoms with E-state index < -0.39 is 0 Å². The third kappa shape index (κ3) is 19.5. The fourth-order valence-electron chi connectivity index (χ4n) is 3.34. The topological polar surface area (TPSA) is 121 Å². The summed E-state index contributed by atoms with van der Waals surface area (Å²) in [6.45, 7) is 7.45. The molecule has 11 heteroatoms. The van der Waals surface area contributed by atoms with Crippen LogP contribution in [0.4, 0.5) is 4.79 Å². The summed E-state index contributed by atoms with van der Waals surface area (Å²) >= 11 is 1.87. The van der Waals surface area contributed by atoms with E-state index in [1.165, 1.54) is 6.92 Å². The van der Waals surface area contributed by atoms with Crippen LogP contribution in [-0.4, -0.2) is 95.1 Å². The van der Waals surface area contributed by atoms with Crippen molar-refractivity contribution in [3.63, 3.8) is 0 Å². The molecule has 10 nitrogen and oxygen atoms in total. The minimum Gasteiger partial charge on any atom is -0.447 e. The Morgan fingerprint density at radius 3 is 1.92 bits per heavy atom. The molecule has 1 aliphatic carbocycles. The lowest BCUT2D eigenvalue weighted by Gasteiger charge is -2.27. The lowest BCUT2D eigenvalue weighted by molar-refractivity contribution is -0.124. The quantitative estimate of drug-likeness (QED) is 0.215. The molecule has 1 fully saturated rings. The Morgan fingerprint density at radius 1 is 0.806 bits per heavy atom. The monoisotopic (exact) mass is 532 g/mol. The van der Waals surface area contributed by atoms with Gasteiger partial charge in [0.15, 0.2) is 0 Å². The summed E-state index contributed by atoms with van der Waals surface area (Å²) in [6, 6.07) is 0.195. The summed E-state index contributed by atoms with van der Waals surface area (Å²) < 4.78 is 26.8. The Hall–Kier alpha value is -1.66. The molecule has 0 unspecified atom stereocenters. The number of amides is 2. The number of Topliss-reactive ketones (excluding diaryl/α,β-unsaturated/α-hetero) is 1. The summed E-state index contributed by atoms with van der Waals surface area (Å²) in [7, 11) is 0. The van der Waals surface area contributed by atoms with Crippen LogP contribution in [0.2, 0.25) is 0 Å². The normalized spacial score (nSPS) is 17.7. The Morgan fingerprint density at radius 2 is 1.36 bits per heavy atom. The van der Waals surface area contributed by atoms with Gasteiger partial charge < -0.3 is 39.1 Å². The van der Waals surface area contributed by atoms with Crippen molar-refractivity contribution >= 4 is 29.5 Å². The van der Waals surface area contributed by atoms with Gasteiger partial charge in [0.05, 0.1) is 52.9 Å². The van der Waals surface area contributed by atoms with Crippen molar-refractivity contribution in [1.82, 2.24) is 10.6 Å². The summed E-state index contributed by atoms with van der Waals surface area (Å²) in [4.78, 5) is 34.1. The maximum atomic E-state index is 11.9. The summed E-state index contributed by atoms with van der Waals surface area (Å²) in [5.41, 5.74) is 0. The lowest BCUT2D eigenvalue weighted by atomic mass is 9.95. The van der Waals surface area contributed by atoms with Gasteiger partial charge in [0, 0.05) is 30.7 Å². The van der Waals surface area contributed by atoms with Crippen molar-refractivity contribution < 1.29 is 38.1 Å². The molecule has 0 bridgehead atoms. The van der Waals surface area contributed by atoms with Crippen LogP contribution in [-0.2, 0) is 33.3 Å². The molecule has 2 amide bonds. The average molecular weight is 533 g/mol. The number of nitrogens with one attached hydrogen (secondary N) is 2. The standard InChI is InChI=1S/C25H44N2O8S/c1-3-20-36-23-7-5-22(6-8-23)27-25(30)35-19-18-34-17-16-33-15-14-32-13-12-31-11-10-26-24(29)9-4-21(2)28/h3,20,22-23H,4-19H2,1-2H3,(H,26,29)(H,27,30)/b20-3-. The molecular formula is C25H44N2O8S. The van der Waals surface area contributed by atoms with Gasteiger partial charge in [-0.25, -0.2) is 4.79 Å². The van der Waals surface area contributed by atoms with Gasteiger partial charge >= 0.3 is 6.09 Å². The van der Waals surface area contributed by atoms with Gasteiger partial charge in [-0.1, -0.05) is 6.08 Å². The molecule has 208 valence electrons. The van der Waals surface area contributed by atoms with Crippen LogP contribution in [0.1, 0.15) is 52.4 Å². The molecule has 0 heterocycles. The number of thioether (sulfide) groups is 1. The number of hydrogen-bond acceptors (Lipinski definition) is 9. The molecule has 1 rings (SSSR count). The van der Waals surface area contributed by atoms with E-state index in [1.807, 2.05) is 18.7 Å². The van der Waals surface area contributed by atoms with Gasteiger partial charge in [0.25, 0.3) is 0 Å². The summed E-state index contributed by atoms with van der Waals surface area (Å²) in [5, 5.41) is 8.42. The molecule has 0 spiro atoms. The highest BCUT2D eigenvalue weighted by molar-refractivity contribution is 8.02. The van der Waals surface area contributed by atoms with Crippen LogP contribution in [0, 0.1) is 0 Å². The van der Waals surface area contributed by atoms with Crippen LogP contribution in [0.15, 0.2) is 11.5 Å². The number of rotatable bonds is 21. The maximum absolute atomic E-state index is 11.9. The van der Waals surface area contributed by atoms with E-state index in [4.69, 9.17) is 23.7 Å². The molecule has 36 heavy (non-hydrogen) atoms. The highest BCUT2D eigenvalue weighted by atomic mass is 32.2. The van der Waals surface area contributed by atoms with Crippen molar-refractivity contribution in [2.24, 2.45) is 0 Å². The van der Waals surface area contributed by atoms with E-state index in [2.05, 4.69) is 22.1 Å². The molecule has 0 aromatic carbocycles. The minimum atomic E-state index is -0.380. The molecule has 1 saturated carbocycles. The smallest absolute Gasteiger partial charge is 0.407 e. The van der Waals surface area contributed by atoms with E-state index in [1.54, 1.807) is 0 Å². The zero-order valence-electron chi connectivity index (χ0n) is 21.8. The van der Waals surface area contributed by atoms with Crippen molar-refractivity contribution in [2.75, 3.05) is 66.0 Å². The number of carbonyl (C=O) groups excluding carboxylic acids is 3. The second kappa shape index (κ2) is 22.5. The Bertz CT molecular complexity index is 627. The Labute approximate surface area is 219 Å². The molecule has 0 radical (unpaired) electrons. The number of ether oxygens (including phenoxy) is 5. The van der Waals surface area contributed by atoms with Crippen molar-refractivity contribution in [1.29, 1.82) is 0 Å². The van der Waals surface area contributed by atoms with E-state index >= 15 is 0 Å². The Balaban J connectivity index is 1.78. The fourth-order valence-corrected chi connectivity index (χ4v) is 4.26. The van der Waals surface area contributed by atoms with Crippen LogP contribution in [0.3, 0.4) is 0 Å². The summed E-state index contributed by atoms with van der Waals surface area (Å²) in [5.74, 6) is -0.142. The van der Waals surface area contributed by atoms with Gasteiger partial charge in [-0.2, -0.15) is 0 Å². The van der Waals surface area contributed by atoms with Gasteiger partial charge in [0.2, 0.25) is 5.91 Å². The highest BCUT2D eigenvalue weighted by Gasteiger charge is 2.22. The molecule has 2 N–H and O–H groups in total. The third-order valence-electron chi connectivity index (χ3n) is 5.25. The number of carbonyl (C=O) groups is 3. The van der Waals surface area contributed by atoms with Crippen molar-refractivity contribution in [2.45, 2.75) is 63.7 Å². The average Bonchev–Trinajstić information content (AvgIpc) is 2.86. The second-order valence-corrected chi connectivity index (χ2v) is 9.57. The second-order valence-electron chi connectivity index (χ2n) is 8.36. The first-order valence-corrected chi connectivity index (χ1v) is 13.7. The van der Waals surface area contributed by atoms with Crippen molar-refractivity contribution in [3.8, 4) is 0 Å². The van der Waals surface area contributed by atoms with Crippen LogP contribution < -0.4 is 10.6 Å². The number of allylic oxidation sites excluding steroid dienone is 1. The molecule has 0 aromatic heterocycles. The third-order valence-corrected chi connectivity index (χ3v) is 6.54. The number of hydrogen-bond donors (Lipinski definition) is 2. The first-order chi connectivity index (χ1) is 17.5. The van der Waals surface area contributed by atoms with Crippen LogP contribution in [0.5, 0.6) is 0 Å². The van der Waals surface area contributed by atoms with Gasteiger partial charge in [-0.05, 0) is 44.9 Å². The van der Waals surface area contributed by atoms with Gasteiger partial charge in [0.1, 0.15) is 12.4 Å². The van der Waals surface area contributed by atoms with E-state index in [0.29, 0.717) is 64.6 Å². The first kappa shape index (κ1) is 32.4. The molecule has 0 aliphatic heterocycles. The maximum Gasteiger partial charge on any atom is 0.407 e. The fraction of sp³-hybridized carbons (Fsp3) is 0.800. The lowest BCUT2D eigenvalue weighted by Crippen LogP contribution is -2.38. The minimum absolute atomic E-state index is 0.00378. The van der Waals surface area contributed by atoms with E-state index in [9.17, 15) is 14.4 Å². The number of alkyl carbamates (subject to hydrolysis) is 1. The molecule has 0 saturated heterocycles. The van der Waals surface area contributed by atoms with E-state index in [-0.39, 0.29) is 43.3 Å². The zero-order valence-corrected chi connectivity index (χ0v) is 22.6. The highest BCUT2D eigenvalue weighted by Crippen LogP contribution is 2.29. The zero-order chi connectivity index (χ0) is 26.3.